The summed E-state index contributed by atoms with van der Waals surface area (Å²) in [4.78, 5) is 15.1. The van der Waals surface area contributed by atoms with Crippen LogP contribution >= 0.6 is 0 Å². The summed E-state index contributed by atoms with van der Waals surface area (Å²) in [7, 11) is 1.50. The highest BCUT2D eigenvalue weighted by Gasteiger charge is 2.38. The number of carbonyl (C=O) groups is 1. The molecule has 7 heteroatoms. The zero-order chi connectivity index (χ0) is 10.9. The van der Waals surface area contributed by atoms with E-state index in [2.05, 4.69) is 15.5 Å². The molecule has 0 aromatic carbocycles. The van der Waals surface area contributed by atoms with Gasteiger partial charge in [-0.25, -0.2) is 0 Å². The molecule has 1 unspecified atom stereocenters. The molecule has 1 aromatic rings. The van der Waals surface area contributed by atoms with Crippen LogP contribution in [-0.4, -0.2) is 36.3 Å². The lowest BCUT2D eigenvalue weighted by molar-refractivity contribution is 0.0950. The fraction of sp³-hybridized carbons (Fsp3) is 0.625. The van der Waals surface area contributed by atoms with E-state index in [1.807, 2.05) is 0 Å². The third kappa shape index (κ3) is 1.71. The summed E-state index contributed by atoms with van der Waals surface area (Å²) in [5.74, 6) is -0.157. The summed E-state index contributed by atoms with van der Waals surface area (Å²) in [5, 5.41) is 5.94. The number of ether oxygens (including phenoxy) is 1. The first-order chi connectivity index (χ1) is 7.15. The van der Waals surface area contributed by atoms with Gasteiger partial charge in [0.2, 0.25) is 5.89 Å². The quantitative estimate of drug-likeness (QED) is 0.652. The lowest BCUT2D eigenvalue weighted by Gasteiger charge is -2.14. The molecule has 1 aliphatic heterocycles. The van der Waals surface area contributed by atoms with E-state index in [4.69, 9.17) is 15.0 Å². The molecule has 0 aliphatic carbocycles. The lowest BCUT2D eigenvalue weighted by atomic mass is 10.0. The molecule has 0 bridgehead atoms. The van der Waals surface area contributed by atoms with Crippen LogP contribution in [0.4, 0.5) is 0 Å². The second-order valence-corrected chi connectivity index (χ2v) is 3.46. The summed E-state index contributed by atoms with van der Waals surface area (Å²) in [5.41, 5.74) is 5.23. The van der Waals surface area contributed by atoms with Crippen molar-refractivity contribution in [3.05, 3.63) is 11.7 Å². The first-order valence-electron chi connectivity index (χ1n) is 4.58. The van der Waals surface area contributed by atoms with Crippen LogP contribution in [0.5, 0.6) is 0 Å². The minimum absolute atomic E-state index is 0.00998. The molecule has 2 rings (SSSR count). The van der Waals surface area contributed by atoms with Gasteiger partial charge in [0.1, 0.15) is 5.54 Å². The number of nitrogens with zero attached hydrogens (tertiary/aromatic N) is 2. The highest BCUT2D eigenvalue weighted by Crippen LogP contribution is 2.25. The van der Waals surface area contributed by atoms with E-state index in [0.29, 0.717) is 19.6 Å². The van der Waals surface area contributed by atoms with Crippen LogP contribution in [0.2, 0.25) is 0 Å². The highest BCUT2D eigenvalue weighted by atomic mass is 16.5. The van der Waals surface area contributed by atoms with Crippen LogP contribution in [0.25, 0.3) is 0 Å². The van der Waals surface area contributed by atoms with E-state index < -0.39 is 11.4 Å². The van der Waals surface area contributed by atoms with Crippen LogP contribution in [0, 0.1) is 0 Å². The fourth-order valence-electron chi connectivity index (χ4n) is 1.38. The van der Waals surface area contributed by atoms with E-state index in [1.54, 1.807) is 0 Å². The Morgan fingerprint density at radius 2 is 2.47 bits per heavy atom. The molecule has 1 aromatic heterocycles. The van der Waals surface area contributed by atoms with Gasteiger partial charge in [-0.15, -0.1) is 0 Å². The monoisotopic (exact) mass is 212 g/mol. The molecule has 0 saturated carbocycles. The molecule has 1 atom stereocenters. The Hall–Kier alpha value is -1.47. The smallest absolute Gasteiger partial charge is 0.292 e. The predicted molar refractivity (Wildman–Crippen MR) is 49.0 cm³/mol. The lowest BCUT2D eigenvalue weighted by Crippen LogP contribution is -2.37. The Balaban J connectivity index is 2.23. The van der Waals surface area contributed by atoms with Gasteiger partial charge in [-0.05, 0) is 6.42 Å². The minimum Gasteiger partial charge on any atom is -0.379 e. The van der Waals surface area contributed by atoms with Crippen molar-refractivity contribution >= 4 is 5.91 Å². The van der Waals surface area contributed by atoms with E-state index >= 15 is 0 Å². The minimum atomic E-state index is -0.751. The van der Waals surface area contributed by atoms with E-state index in [9.17, 15) is 4.79 Å². The van der Waals surface area contributed by atoms with E-state index in [-0.39, 0.29) is 11.7 Å². The first kappa shape index (κ1) is 10.1. The molecule has 82 valence electrons. The van der Waals surface area contributed by atoms with Gasteiger partial charge in [-0.2, -0.15) is 4.98 Å². The van der Waals surface area contributed by atoms with Crippen molar-refractivity contribution in [2.45, 2.75) is 12.0 Å². The Kier molecular flexibility index (Phi) is 2.41. The van der Waals surface area contributed by atoms with Gasteiger partial charge in [0.05, 0.1) is 6.61 Å². The Morgan fingerprint density at radius 3 is 3.07 bits per heavy atom. The van der Waals surface area contributed by atoms with Gasteiger partial charge in [-0.1, -0.05) is 5.16 Å². The zero-order valence-electron chi connectivity index (χ0n) is 8.32. The highest BCUT2D eigenvalue weighted by molar-refractivity contribution is 5.89. The predicted octanol–water partition coefficient (Wildman–Crippen LogP) is -0.996. The maximum Gasteiger partial charge on any atom is 0.292 e. The van der Waals surface area contributed by atoms with Gasteiger partial charge < -0.3 is 20.3 Å². The molecular weight excluding hydrogens is 200 g/mol. The summed E-state index contributed by atoms with van der Waals surface area (Å²) >= 11 is 0. The molecule has 1 saturated heterocycles. The molecule has 3 N–H and O–H groups in total. The molecular formula is C8H12N4O3. The first-order valence-corrected chi connectivity index (χ1v) is 4.58. The van der Waals surface area contributed by atoms with Gasteiger partial charge in [0.25, 0.3) is 11.7 Å². The Bertz CT molecular complexity index is 370. The summed E-state index contributed by atoms with van der Waals surface area (Å²) in [6.07, 6.45) is 0.613. The van der Waals surface area contributed by atoms with Gasteiger partial charge in [-0.3, -0.25) is 4.79 Å². The van der Waals surface area contributed by atoms with Crippen molar-refractivity contribution in [3.8, 4) is 0 Å². The molecule has 1 amide bonds. The third-order valence-corrected chi connectivity index (χ3v) is 2.33. The maximum absolute atomic E-state index is 11.2. The summed E-state index contributed by atoms with van der Waals surface area (Å²) < 4.78 is 10.1. The van der Waals surface area contributed by atoms with Crippen molar-refractivity contribution in [2.75, 3.05) is 20.3 Å². The number of amides is 1. The molecule has 0 spiro atoms. The second-order valence-electron chi connectivity index (χ2n) is 3.46. The average Bonchev–Trinajstić information content (AvgIpc) is 2.85. The molecule has 0 radical (unpaired) electrons. The molecule has 2 heterocycles. The van der Waals surface area contributed by atoms with Crippen LogP contribution in [0.15, 0.2) is 4.52 Å². The SMILES string of the molecule is CNC(=O)c1noc(C2(N)CCOC2)n1. The Morgan fingerprint density at radius 1 is 1.67 bits per heavy atom. The summed E-state index contributed by atoms with van der Waals surface area (Å²) in [6, 6.07) is 0. The van der Waals surface area contributed by atoms with Crippen molar-refractivity contribution in [2.24, 2.45) is 5.73 Å². The van der Waals surface area contributed by atoms with Crippen molar-refractivity contribution in [1.29, 1.82) is 0 Å². The van der Waals surface area contributed by atoms with Crippen molar-refractivity contribution in [3.63, 3.8) is 0 Å². The maximum atomic E-state index is 11.2. The fourth-order valence-corrected chi connectivity index (χ4v) is 1.38. The van der Waals surface area contributed by atoms with Crippen LogP contribution in [0.1, 0.15) is 22.9 Å². The normalized spacial score (nSPS) is 25.5. The number of nitrogens with two attached hydrogens (primary N) is 1. The van der Waals surface area contributed by atoms with Gasteiger partial charge >= 0.3 is 0 Å². The molecule has 1 fully saturated rings. The number of aromatic nitrogens is 2. The molecule has 7 nitrogen and oxygen atoms in total. The van der Waals surface area contributed by atoms with Crippen LogP contribution < -0.4 is 11.1 Å². The van der Waals surface area contributed by atoms with Crippen LogP contribution in [-0.2, 0) is 10.3 Å². The number of carbonyl (C=O) groups excluding carboxylic acids is 1. The number of hydrogen-bond donors (Lipinski definition) is 2. The van der Waals surface area contributed by atoms with Gasteiger partial charge in [0, 0.05) is 13.7 Å². The molecule has 1 aliphatic rings. The number of nitrogens with one attached hydrogen (secondary N) is 1. The second kappa shape index (κ2) is 3.59. The zero-order valence-corrected chi connectivity index (χ0v) is 8.32. The third-order valence-electron chi connectivity index (χ3n) is 2.33. The standard InChI is InChI=1S/C8H12N4O3/c1-10-6(13)5-11-7(15-12-5)8(9)2-3-14-4-8/h2-4,9H2,1H3,(H,10,13). The van der Waals surface area contributed by atoms with E-state index in [1.165, 1.54) is 7.05 Å². The van der Waals surface area contributed by atoms with Crippen LogP contribution in [0.3, 0.4) is 0 Å². The van der Waals surface area contributed by atoms with E-state index in [0.717, 1.165) is 0 Å². The largest absolute Gasteiger partial charge is 0.379 e. The Labute approximate surface area is 86.0 Å². The van der Waals surface area contributed by atoms with Gasteiger partial charge in [0.15, 0.2) is 0 Å². The van der Waals surface area contributed by atoms with Crippen molar-refractivity contribution < 1.29 is 14.1 Å². The summed E-state index contributed by atoms with van der Waals surface area (Å²) in [6.45, 7) is 0.899. The average molecular weight is 212 g/mol. The molecule has 15 heavy (non-hydrogen) atoms. The van der Waals surface area contributed by atoms with Crippen molar-refractivity contribution in [1.82, 2.24) is 15.5 Å². The number of hydrogen-bond acceptors (Lipinski definition) is 6. The number of rotatable bonds is 2. The topological polar surface area (TPSA) is 103 Å².